The minimum Gasteiger partial charge on any atom is -0.352 e. The Bertz CT molecular complexity index is 547. The average molecular weight is 246 g/mol. The van der Waals surface area contributed by atoms with Crippen LogP contribution in [0, 0.1) is 5.92 Å². The van der Waals surface area contributed by atoms with Gasteiger partial charge in [-0.1, -0.05) is 31.2 Å². The van der Waals surface area contributed by atoms with Crippen molar-refractivity contribution in [3.05, 3.63) is 24.3 Å². The van der Waals surface area contributed by atoms with Crippen LogP contribution in [-0.2, 0) is 11.3 Å². The number of hydrogen-bond acceptors (Lipinski definition) is 3. The summed E-state index contributed by atoms with van der Waals surface area (Å²) in [6.07, 6.45) is 0. The molecular formula is C13H18N4O. The van der Waals surface area contributed by atoms with Crippen LogP contribution in [0.1, 0.15) is 20.8 Å². The summed E-state index contributed by atoms with van der Waals surface area (Å²) < 4.78 is 1.62. The van der Waals surface area contributed by atoms with Gasteiger partial charge in [-0.25, -0.2) is 4.68 Å². The Hall–Kier alpha value is -1.91. The molecule has 1 aromatic heterocycles. The van der Waals surface area contributed by atoms with Gasteiger partial charge in [0.25, 0.3) is 0 Å². The quantitative estimate of drug-likeness (QED) is 0.891. The third-order valence-corrected chi connectivity index (χ3v) is 3.10. The molecule has 0 spiro atoms. The van der Waals surface area contributed by atoms with Crippen molar-refractivity contribution in [2.24, 2.45) is 5.92 Å². The Labute approximate surface area is 106 Å². The number of rotatable bonds is 4. The maximum atomic E-state index is 11.9. The van der Waals surface area contributed by atoms with Crippen LogP contribution in [0.5, 0.6) is 0 Å². The summed E-state index contributed by atoms with van der Waals surface area (Å²) in [4.78, 5) is 11.9. The molecule has 0 saturated heterocycles. The van der Waals surface area contributed by atoms with E-state index in [4.69, 9.17) is 0 Å². The predicted octanol–water partition coefficient (Wildman–Crippen LogP) is 1.59. The van der Waals surface area contributed by atoms with Crippen molar-refractivity contribution in [1.82, 2.24) is 20.3 Å². The molecule has 0 saturated carbocycles. The van der Waals surface area contributed by atoms with Gasteiger partial charge < -0.3 is 5.32 Å². The first-order valence-electron chi connectivity index (χ1n) is 6.15. The van der Waals surface area contributed by atoms with E-state index in [2.05, 4.69) is 29.5 Å². The van der Waals surface area contributed by atoms with Crippen molar-refractivity contribution in [2.75, 3.05) is 0 Å². The number of fused-ring (bicyclic) bond motifs is 1. The van der Waals surface area contributed by atoms with Crippen LogP contribution in [-0.4, -0.2) is 26.9 Å². The van der Waals surface area contributed by atoms with Crippen LogP contribution < -0.4 is 5.32 Å². The van der Waals surface area contributed by atoms with Crippen molar-refractivity contribution in [1.29, 1.82) is 0 Å². The summed E-state index contributed by atoms with van der Waals surface area (Å²) in [6, 6.07) is 7.77. The third kappa shape index (κ3) is 2.67. The van der Waals surface area contributed by atoms with Gasteiger partial charge in [-0.05, 0) is 25.0 Å². The molecule has 0 aliphatic heterocycles. The van der Waals surface area contributed by atoms with E-state index in [1.807, 2.05) is 31.2 Å². The van der Waals surface area contributed by atoms with E-state index < -0.39 is 0 Å². The number of amides is 1. The molecule has 0 aliphatic carbocycles. The van der Waals surface area contributed by atoms with Gasteiger partial charge in [-0.3, -0.25) is 4.79 Å². The lowest BCUT2D eigenvalue weighted by Crippen LogP contribution is -2.38. The molecule has 18 heavy (non-hydrogen) atoms. The van der Waals surface area contributed by atoms with Crippen molar-refractivity contribution in [3.8, 4) is 0 Å². The minimum absolute atomic E-state index is 0.0353. The Morgan fingerprint density at radius 1 is 1.33 bits per heavy atom. The van der Waals surface area contributed by atoms with Crippen LogP contribution in [0.25, 0.3) is 11.0 Å². The molecule has 0 bridgehead atoms. The normalized spacial score (nSPS) is 12.9. The van der Waals surface area contributed by atoms with Crippen LogP contribution in [0.3, 0.4) is 0 Å². The lowest BCUT2D eigenvalue weighted by molar-refractivity contribution is -0.122. The first-order valence-corrected chi connectivity index (χ1v) is 6.15. The zero-order chi connectivity index (χ0) is 13.1. The molecule has 5 nitrogen and oxygen atoms in total. The lowest BCUT2D eigenvalue weighted by atomic mass is 10.1. The fourth-order valence-electron chi connectivity index (χ4n) is 1.64. The third-order valence-electron chi connectivity index (χ3n) is 3.10. The number of para-hydroxylation sites is 1. The molecule has 1 atom stereocenters. The minimum atomic E-state index is -0.0353. The van der Waals surface area contributed by atoms with Crippen molar-refractivity contribution < 1.29 is 4.79 Å². The topological polar surface area (TPSA) is 59.8 Å². The molecule has 2 aromatic rings. The second-order valence-corrected chi connectivity index (χ2v) is 4.84. The molecule has 96 valence electrons. The summed E-state index contributed by atoms with van der Waals surface area (Å²) in [7, 11) is 0. The molecular weight excluding hydrogens is 228 g/mol. The number of benzene rings is 1. The molecule has 1 amide bonds. The maximum Gasteiger partial charge on any atom is 0.242 e. The Morgan fingerprint density at radius 2 is 2.06 bits per heavy atom. The molecule has 1 N–H and O–H groups in total. The number of carbonyl (C=O) groups is 1. The summed E-state index contributed by atoms with van der Waals surface area (Å²) in [5.41, 5.74) is 1.69. The van der Waals surface area contributed by atoms with Crippen molar-refractivity contribution in [2.45, 2.75) is 33.4 Å². The van der Waals surface area contributed by atoms with Crippen LogP contribution in [0.4, 0.5) is 0 Å². The van der Waals surface area contributed by atoms with E-state index in [1.165, 1.54) is 0 Å². The number of nitrogens with zero attached hydrogens (tertiary/aromatic N) is 3. The van der Waals surface area contributed by atoms with Gasteiger partial charge in [0, 0.05) is 6.04 Å². The Morgan fingerprint density at radius 3 is 2.78 bits per heavy atom. The van der Waals surface area contributed by atoms with Crippen molar-refractivity contribution >= 4 is 16.9 Å². The maximum absolute atomic E-state index is 11.9. The molecule has 0 radical (unpaired) electrons. The smallest absolute Gasteiger partial charge is 0.242 e. The lowest BCUT2D eigenvalue weighted by Gasteiger charge is -2.17. The van der Waals surface area contributed by atoms with Crippen LogP contribution in [0.2, 0.25) is 0 Å². The Balaban J connectivity index is 2.07. The monoisotopic (exact) mass is 246 g/mol. The average Bonchev–Trinajstić information content (AvgIpc) is 2.72. The van der Waals surface area contributed by atoms with Gasteiger partial charge >= 0.3 is 0 Å². The standard InChI is InChI=1S/C13H18N4O/c1-9(2)10(3)14-13(18)8-17-12-7-5-4-6-11(12)15-16-17/h4-7,9-10H,8H2,1-3H3,(H,14,18)/t10-/m1/s1. The van der Waals surface area contributed by atoms with Gasteiger partial charge in [-0.15, -0.1) is 5.10 Å². The van der Waals surface area contributed by atoms with Gasteiger partial charge in [0.2, 0.25) is 5.91 Å². The number of aromatic nitrogens is 3. The molecule has 0 fully saturated rings. The molecule has 1 heterocycles. The molecule has 5 heteroatoms. The summed E-state index contributed by atoms with van der Waals surface area (Å²) in [5, 5.41) is 11.0. The fraction of sp³-hybridized carbons (Fsp3) is 0.462. The molecule has 1 aromatic carbocycles. The SMILES string of the molecule is CC(C)[C@@H](C)NC(=O)Cn1nnc2ccccc21. The number of nitrogens with one attached hydrogen (secondary N) is 1. The highest BCUT2D eigenvalue weighted by molar-refractivity contribution is 5.79. The molecule has 2 rings (SSSR count). The highest BCUT2D eigenvalue weighted by atomic mass is 16.2. The number of carbonyl (C=O) groups excluding carboxylic acids is 1. The van der Waals surface area contributed by atoms with Gasteiger partial charge in [0.1, 0.15) is 12.1 Å². The zero-order valence-corrected chi connectivity index (χ0v) is 10.9. The highest BCUT2D eigenvalue weighted by Gasteiger charge is 2.12. The van der Waals surface area contributed by atoms with Crippen molar-refractivity contribution in [3.63, 3.8) is 0 Å². The molecule has 0 aliphatic rings. The fourth-order valence-corrected chi connectivity index (χ4v) is 1.64. The first kappa shape index (κ1) is 12.5. The van der Waals surface area contributed by atoms with Gasteiger partial charge in [-0.2, -0.15) is 0 Å². The van der Waals surface area contributed by atoms with E-state index in [0.29, 0.717) is 5.92 Å². The van der Waals surface area contributed by atoms with Crippen LogP contribution >= 0.6 is 0 Å². The number of hydrogen-bond donors (Lipinski definition) is 1. The summed E-state index contributed by atoms with van der Waals surface area (Å²) in [5.74, 6) is 0.383. The van der Waals surface area contributed by atoms with Gasteiger partial charge in [0.15, 0.2) is 0 Å². The largest absolute Gasteiger partial charge is 0.352 e. The van der Waals surface area contributed by atoms with E-state index in [1.54, 1.807) is 4.68 Å². The van der Waals surface area contributed by atoms with E-state index in [-0.39, 0.29) is 18.5 Å². The van der Waals surface area contributed by atoms with Crippen LogP contribution in [0.15, 0.2) is 24.3 Å². The van der Waals surface area contributed by atoms with E-state index in [9.17, 15) is 4.79 Å². The predicted molar refractivity (Wildman–Crippen MR) is 70.0 cm³/mol. The van der Waals surface area contributed by atoms with E-state index >= 15 is 0 Å². The first-order chi connectivity index (χ1) is 8.58. The van der Waals surface area contributed by atoms with Gasteiger partial charge in [0.05, 0.1) is 5.52 Å². The molecule has 0 unspecified atom stereocenters. The zero-order valence-electron chi connectivity index (χ0n) is 10.9. The second kappa shape index (κ2) is 5.16. The summed E-state index contributed by atoms with van der Waals surface area (Å²) in [6.45, 7) is 6.37. The summed E-state index contributed by atoms with van der Waals surface area (Å²) >= 11 is 0. The highest BCUT2D eigenvalue weighted by Crippen LogP contribution is 2.09. The second-order valence-electron chi connectivity index (χ2n) is 4.84. The Kier molecular flexibility index (Phi) is 3.60. The van der Waals surface area contributed by atoms with E-state index in [0.717, 1.165) is 11.0 Å².